The van der Waals surface area contributed by atoms with Crippen LogP contribution in [0, 0.1) is 12.7 Å². The van der Waals surface area contributed by atoms with Crippen molar-refractivity contribution in [1.82, 2.24) is 4.90 Å². The molecule has 0 aliphatic carbocycles. The molecule has 33 heavy (non-hydrogen) atoms. The van der Waals surface area contributed by atoms with Gasteiger partial charge < -0.3 is 9.80 Å². The summed E-state index contributed by atoms with van der Waals surface area (Å²) in [5.74, 6) is -1.82. The second-order valence-corrected chi connectivity index (χ2v) is 8.54. The zero-order valence-corrected chi connectivity index (χ0v) is 18.4. The van der Waals surface area contributed by atoms with E-state index in [4.69, 9.17) is 0 Å². The molecule has 0 saturated carbocycles. The third-order valence-electron chi connectivity index (χ3n) is 6.36. The van der Waals surface area contributed by atoms with Gasteiger partial charge in [-0.25, -0.2) is 4.39 Å². The largest absolute Gasteiger partial charge is 0.378 e. The van der Waals surface area contributed by atoms with Crippen LogP contribution < -0.4 is 9.80 Å². The Bertz CT molecular complexity index is 1270. The molecule has 166 valence electrons. The number of hydrogen-bond donors (Lipinski definition) is 0. The van der Waals surface area contributed by atoms with Gasteiger partial charge in [-0.15, -0.1) is 0 Å². The minimum Gasteiger partial charge on any atom is -0.378 e. The SMILES string of the molecule is Cc1ccc(N2C(=O)[C@H](N3C(=O)c4ccccc4C3=O)[C@@H]2c2ccc(N(C)C)cc2)cc1F. The van der Waals surface area contributed by atoms with Crippen LogP contribution in [-0.4, -0.2) is 42.8 Å². The van der Waals surface area contributed by atoms with E-state index in [1.54, 1.807) is 43.3 Å². The number of benzene rings is 3. The number of hydrogen-bond acceptors (Lipinski definition) is 4. The van der Waals surface area contributed by atoms with E-state index < -0.39 is 35.6 Å². The summed E-state index contributed by atoms with van der Waals surface area (Å²) in [6, 6.07) is 17.1. The molecule has 0 radical (unpaired) electrons. The number of aryl methyl sites for hydroxylation is 1. The van der Waals surface area contributed by atoms with Gasteiger partial charge in [0.25, 0.3) is 17.7 Å². The van der Waals surface area contributed by atoms with E-state index in [1.165, 1.54) is 11.0 Å². The number of fused-ring (bicyclic) bond motifs is 1. The zero-order valence-electron chi connectivity index (χ0n) is 18.4. The number of amides is 3. The zero-order chi connectivity index (χ0) is 23.4. The summed E-state index contributed by atoms with van der Waals surface area (Å²) >= 11 is 0. The van der Waals surface area contributed by atoms with Crippen LogP contribution in [0.2, 0.25) is 0 Å². The fraction of sp³-hybridized carbons (Fsp3) is 0.192. The molecule has 0 aromatic heterocycles. The van der Waals surface area contributed by atoms with Crippen LogP contribution in [0.3, 0.4) is 0 Å². The second kappa shape index (κ2) is 7.55. The Kier molecular flexibility index (Phi) is 4.78. The van der Waals surface area contributed by atoms with E-state index in [9.17, 15) is 18.8 Å². The molecule has 3 amide bonds. The summed E-state index contributed by atoms with van der Waals surface area (Å²) in [5, 5.41) is 0. The first-order valence-corrected chi connectivity index (χ1v) is 10.6. The van der Waals surface area contributed by atoms with Crippen molar-refractivity contribution < 1.29 is 18.8 Å². The minimum atomic E-state index is -1.01. The first-order chi connectivity index (χ1) is 15.8. The van der Waals surface area contributed by atoms with Crippen LogP contribution in [0.5, 0.6) is 0 Å². The van der Waals surface area contributed by atoms with Crippen LogP contribution in [0.25, 0.3) is 0 Å². The van der Waals surface area contributed by atoms with E-state index >= 15 is 0 Å². The molecule has 2 heterocycles. The number of β-lactam (4-membered cyclic amide) rings is 1. The van der Waals surface area contributed by atoms with Gasteiger partial charge in [-0.2, -0.15) is 0 Å². The lowest BCUT2D eigenvalue weighted by molar-refractivity contribution is -0.130. The number of imide groups is 1. The molecule has 2 atom stereocenters. The molecule has 2 aliphatic heterocycles. The van der Waals surface area contributed by atoms with Crippen molar-refractivity contribution in [3.05, 3.63) is 94.8 Å². The summed E-state index contributed by atoms with van der Waals surface area (Å²) in [5.41, 5.74) is 3.15. The summed E-state index contributed by atoms with van der Waals surface area (Å²) in [6.45, 7) is 1.65. The predicted octanol–water partition coefficient (Wildman–Crippen LogP) is 3.95. The smallest absolute Gasteiger partial charge is 0.262 e. The van der Waals surface area contributed by atoms with E-state index in [-0.39, 0.29) is 11.1 Å². The topological polar surface area (TPSA) is 60.9 Å². The number of carbonyl (C=O) groups excluding carboxylic acids is 3. The van der Waals surface area contributed by atoms with E-state index in [0.29, 0.717) is 11.3 Å². The second-order valence-electron chi connectivity index (χ2n) is 8.54. The Morgan fingerprint density at radius 3 is 1.94 bits per heavy atom. The van der Waals surface area contributed by atoms with Gasteiger partial charge in [-0.3, -0.25) is 19.3 Å². The summed E-state index contributed by atoms with van der Waals surface area (Å²) in [6.07, 6.45) is 0. The highest BCUT2D eigenvalue weighted by molar-refractivity contribution is 6.24. The fourth-order valence-corrected chi connectivity index (χ4v) is 4.51. The molecular weight excluding hydrogens is 421 g/mol. The first-order valence-electron chi connectivity index (χ1n) is 10.6. The van der Waals surface area contributed by atoms with Crippen LogP contribution in [-0.2, 0) is 4.79 Å². The van der Waals surface area contributed by atoms with Crippen molar-refractivity contribution in [2.24, 2.45) is 0 Å². The molecule has 0 spiro atoms. The lowest BCUT2D eigenvalue weighted by atomic mass is 9.86. The van der Waals surface area contributed by atoms with E-state index in [2.05, 4.69) is 0 Å². The molecule has 6 nitrogen and oxygen atoms in total. The van der Waals surface area contributed by atoms with Gasteiger partial charge in [0.05, 0.1) is 17.2 Å². The molecule has 3 aromatic rings. The molecule has 3 aromatic carbocycles. The van der Waals surface area contributed by atoms with Crippen molar-refractivity contribution in [2.45, 2.75) is 19.0 Å². The average molecular weight is 443 g/mol. The van der Waals surface area contributed by atoms with E-state index in [1.807, 2.05) is 43.3 Å². The van der Waals surface area contributed by atoms with Gasteiger partial charge in [0.2, 0.25) is 0 Å². The average Bonchev–Trinajstić information content (AvgIpc) is 3.05. The summed E-state index contributed by atoms with van der Waals surface area (Å²) in [7, 11) is 3.84. The Morgan fingerprint density at radius 2 is 1.39 bits per heavy atom. The minimum absolute atomic E-state index is 0.289. The van der Waals surface area contributed by atoms with Gasteiger partial charge >= 0.3 is 0 Å². The Labute approximate surface area is 190 Å². The maximum Gasteiger partial charge on any atom is 0.262 e. The van der Waals surface area contributed by atoms with Gasteiger partial charge in [-0.05, 0) is 54.4 Å². The fourth-order valence-electron chi connectivity index (χ4n) is 4.51. The Morgan fingerprint density at radius 1 is 0.788 bits per heavy atom. The van der Waals surface area contributed by atoms with Crippen molar-refractivity contribution >= 4 is 29.1 Å². The summed E-state index contributed by atoms with van der Waals surface area (Å²) < 4.78 is 14.3. The highest BCUT2D eigenvalue weighted by Gasteiger charge is 2.57. The van der Waals surface area contributed by atoms with Crippen molar-refractivity contribution in [3.63, 3.8) is 0 Å². The van der Waals surface area contributed by atoms with Gasteiger partial charge in [0.15, 0.2) is 0 Å². The lowest BCUT2D eigenvalue weighted by Crippen LogP contribution is -2.67. The predicted molar refractivity (Wildman–Crippen MR) is 123 cm³/mol. The molecule has 1 fully saturated rings. The van der Waals surface area contributed by atoms with Gasteiger partial charge in [-0.1, -0.05) is 30.3 Å². The monoisotopic (exact) mass is 443 g/mol. The van der Waals surface area contributed by atoms with Gasteiger partial charge in [0.1, 0.15) is 11.9 Å². The molecule has 2 aliphatic rings. The number of halogens is 1. The first kappa shape index (κ1) is 20.9. The molecule has 0 N–H and O–H groups in total. The molecule has 7 heteroatoms. The highest BCUT2D eigenvalue weighted by atomic mass is 19.1. The lowest BCUT2D eigenvalue weighted by Gasteiger charge is -2.49. The maximum absolute atomic E-state index is 14.3. The molecule has 5 rings (SSSR count). The number of nitrogens with zero attached hydrogens (tertiary/aromatic N) is 3. The number of carbonyl (C=O) groups is 3. The van der Waals surface area contributed by atoms with Gasteiger partial charge in [0, 0.05) is 25.5 Å². The number of anilines is 2. The molecular formula is C26H22FN3O3. The van der Waals surface area contributed by atoms with Crippen LogP contribution in [0.1, 0.15) is 37.9 Å². The Balaban J connectivity index is 1.59. The van der Waals surface area contributed by atoms with Crippen LogP contribution in [0.4, 0.5) is 15.8 Å². The quantitative estimate of drug-likeness (QED) is 0.453. The van der Waals surface area contributed by atoms with Crippen molar-refractivity contribution in [3.8, 4) is 0 Å². The van der Waals surface area contributed by atoms with Crippen LogP contribution in [0.15, 0.2) is 66.7 Å². The Hall–Kier alpha value is -4.00. The van der Waals surface area contributed by atoms with Crippen LogP contribution >= 0.6 is 0 Å². The van der Waals surface area contributed by atoms with E-state index in [0.717, 1.165) is 16.2 Å². The molecule has 0 bridgehead atoms. The molecule has 0 unspecified atom stereocenters. The third kappa shape index (κ3) is 3.11. The maximum atomic E-state index is 14.3. The highest BCUT2D eigenvalue weighted by Crippen LogP contribution is 2.44. The standard InChI is InChI=1S/C26H22FN3O3/c1-15-8-11-18(14-21(15)27)29-22(16-9-12-17(13-10-16)28(2)3)23(26(29)33)30-24(31)19-6-4-5-7-20(19)25(30)32/h4-14,22-23H,1-3H3/t22-,23+/m0/s1. The third-order valence-corrected chi connectivity index (χ3v) is 6.36. The normalized spacial score (nSPS) is 19.6. The van der Waals surface area contributed by atoms with Crippen molar-refractivity contribution in [1.29, 1.82) is 0 Å². The number of rotatable bonds is 4. The summed E-state index contributed by atoms with van der Waals surface area (Å²) in [4.78, 5) is 44.1. The molecule has 1 saturated heterocycles. The van der Waals surface area contributed by atoms with Crippen molar-refractivity contribution in [2.75, 3.05) is 23.9 Å².